The number of carboxylic acids is 1. The number of rotatable bonds is 9. The number of nitrogens with zero attached hydrogens (tertiary/aromatic N) is 1. The highest BCUT2D eigenvalue weighted by atomic mass is 16.4. The summed E-state index contributed by atoms with van der Waals surface area (Å²) in [6, 6.07) is 0.160. The van der Waals surface area contributed by atoms with Crippen LogP contribution in [0.25, 0.3) is 0 Å². The van der Waals surface area contributed by atoms with E-state index in [1.54, 1.807) is 7.05 Å². The van der Waals surface area contributed by atoms with Crippen LogP contribution in [0, 0.1) is 0 Å². The monoisotopic (exact) mass is 244 g/mol. The van der Waals surface area contributed by atoms with Crippen LogP contribution in [0.15, 0.2) is 0 Å². The molecule has 1 unspecified atom stereocenters. The number of likely N-dealkylation sites (N-methyl/N-ethyl adjacent to an activating group) is 1. The third-order valence-electron chi connectivity index (χ3n) is 2.47. The summed E-state index contributed by atoms with van der Waals surface area (Å²) in [6.07, 6.45) is 4.44. The predicted octanol–water partition coefficient (Wildman–Crippen LogP) is 1.09. The molecule has 1 atom stereocenters. The first-order valence-electron chi connectivity index (χ1n) is 6.15. The topological polar surface area (TPSA) is 69.6 Å². The van der Waals surface area contributed by atoms with Crippen LogP contribution in [-0.4, -0.2) is 48.1 Å². The zero-order valence-corrected chi connectivity index (χ0v) is 11.0. The minimum Gasteiger partial charge on any atom is -0.480 e. The minimum absolute atomic E-state index is 0.113. The van der Waals surface area contributed by atoms with Crippen molar-refractivity contribution in [2.75, 3.05) is 20.1 Å². The van der Waals surface area contributed by atoms with Gasteiger partial charge in [0.25, 0.3) is 0 Å². The fourth-order valence-electron chi connectivity index (χ4n) is 1.63. The van der Waals surface area contributed by atoms with Gasteiger partial charge < -0.3 is 10.4 Å². The van der Waals surface area contributed by atoms with Crippen LogP contribution in [-0.2, 0) is 9.59 Å². The first kappa shape index (κ1) is 15.9. The number of carboxylic acid groups (broad SMARTS) is 1. The smallest absolute Gasteiger partial charge is 0.317 e. The Kier molecular flexibility index (Phi) is 8.40. The van der Waals surface area contributed by atoms with Crippen LogP contribution in [0.3, 0.4) is 0 Å². The van der Waals surface area contributed by atoms with Gasteiger partial charge in [-0.2, -0.15) is 0 Å². The molecule has 0 aliphatic carbocycles. The van der Waals surface area contributed by atoms with Gasteiger partial charge in [0.05, 0.1) is 13.1 Å². The number of unbranched alkanes of at least 4 members (excludes halogenated alkanes) is 2. The molecule has 0 aliphatic rings. The van der Waals surface area contributed by atoms with Gasteiger partial charge in [-0.05, 0) is 20.4 Å². The molecular formula is C12H24N2O3. The lowest BCUT2D eigenvalue weighted by Gasteiger charge is -2.17. The summed E-state index contributed by atoms with van der Waals surface area (Å²) in [7, 11) is 1.62. The van der Waals surface area contributed by atoms with E-state index in [0.29, 0.717) is 0 Å². The molecule has 0 heterocycles. The Morgan fingerprint density at radius 3 is 2.47 bits per heavy atom. The largest absolute Gasteiger partial charge is 0.480 e. The van der Waals surface area contributed by atoms with Gasteiger partial charge in [0, 0.05) is 6.04 Å². The van der Waals surface area contributed by atoms with E-state index in [1.807, 2.05) is 6.92 Å². The first-order valence-corrected chi connectivity index (χ1v) is 6.15. The average Bonchev–Trinajstić information content (AvgIpc) is 2.15. The Bertz CT molecular complexity index is 244. The lowest BCUT2D eigenvalue weighted by atomic mass is 10.1. The lowest BCUT2D eigenvalue weighted by Crippen LogP contribution is -2.41. The average molecular weight is 244 g/mol. The molecule has 0 fully saturated rings. The molecule has 0 aromatic heterocycles. The molecule has 1 amide bonds. The molecule has 5 heteroatoms. The van der Waals surface area contributed by atoms with Gasteiger partial charge >= 0.3 is 5.97 Å². The maximum absolute atomic E-state index is 11.5. The van der Waals surface area contributed by atoms with Crippen molar-refractivity contribution in [2.45, 2.75) is 45.6 Å². The Balaban J connectivity index is 3.73. The molecule has 5 nitrogen and oxygen atoms in total. The summed E-state index contributed by atoms with van der Waals surface area (Å²) in [5, 5.41) is 11.4. The standard InChI is InChI=1S/C12H24N2O3/c1-4-5-6-7-10(2)13-11(15)8-14(3)9-12(16)17/h10H,4-9H2,1-3H3,(H,13,15)(H,16,17). The molecule has 0 radical (unpaired) electrons. The number of hydrogen-bond acceptors (Lipinski definition) is 3. The van der Waals surface area contributed by atoms with E-state index in [4.69, 9.17) is 5.11 Å². The third kappa shape index (κ3) is 9.81. The lowest BCUT2D eigenvalue weighted by molar-refractivity contribution is -0.138. The van der Waals surface area contributed by atoms with Gasteiger partial charge in [-0.3, -0.25) is 14.5 Å². The third-order valence-corrected chi connectivity index (χ3v) is 2.47. The summed E-state index contributed by atoms with van der Waals surface area (Å²) >= 11 is 0. The van der Waals surface area contributed by atoms with E-state index in [9.17, 15) is 9.59 Å². The second-order valence-electron chi connectivity index (χ2n) is 4.53. The van der Waals surface area contributed by atoms with Gasteiger partial charge in [0.15, 0.2) is 0 Å². The van der Waals surface area contributed by atoms with Gasteiger partial charge in [0.2, 0.25) is 5.91 Å². The maximum Gasteiger partial charge on any atom is 0.317 e. The van der Waals surface area contributed by atoms with Crippen LogP contribution in [0.2, 0.25) is 0 Å². The van der Waals surface area contributed by atoms with Crippen LogP contribution in [0.4, 0.5) is 0 Å². The molecule has 0 saturated carbocycles. The maximum atomic E-state index is 11.5. The second-order valence-corrected chi connectivity index (χ2v) is 4.53. The molecule has 17 heavy (non-hydrogen) atoms. The van der Waals surface area contributed by atoms with Crippen LogP contribution >= 0.6 is 0 Å². The zero-order chi connectivity index (χ0) is 13.3. The molecule has 0 aliphatic heterocycles. The molecule has 0 saturated heterocycles. The number of carbonyl (C=O) groups is 2. The van der Waals surface area contributed by atoms with Gasteiger partial charge in [-0.15, -0.1) is 0 Å². The quantitative estimate of drug-likeness (QED) is 0.596. The molecule has 2 N–H and O–H groups in total. The van der Waals surface area contributed by atoms with Crippen molar-refractivity contribution in [1.29, 1.82) is 0 Å². The Morgan fingerprint density at radius 1 is 1.29 bits per heavy atom. The van der Waals surface area contributed by atoms with E-state index in [1.165, 1.54) is 17.7 Å². The molecule has 100 valence electrons. The van der Waals surface area contributed by atoms with Crippen molar-refractivity contribution in [1.82, 2.24) is 10.2 Å². The molecule has 0 rings (SSSR count). The Morgan fingerprint density at radius 2 is 1.94 bits per heavy atom. The van der Waals surface area contributed by atoms with Crippen LogP contribution < -0.4 is 5.32 Å². The van der Waals surface area contributed by atoms with Crippen molar-refractivity contribution in [2.24, 2.45) is 0 Å². The fourth-order valence-corrected chi connectivity index (χ4v) is 1.63. The summed E-state index contributed by atoms with van der Waals surface area (Å²) in [5.41, 5.74) is 0. The molecule has 0 spiro atoms. The molecule has 0 bridgehead atoms. The van der Waals surface area contributed by atoms with Gasteiger partial charge in [0.1, 0.15) is 0 Å². The number of aliphatic carboxylic acids is 1. The first-order chi connectivity index (χ1) is 7.95. The molecule has 0 aromatic carbocycles. The second kappa shape index (κ2) is 8.98. The highest BCUT2D eigenvalue weighted by Crippen LogP contribution is 2.02. The number of nitrogens with one attached hydrogen (secondary N) is 1. The summed E-state index contributed by atoms with van der Waals surface area (Å²) in [6.45, 7) is 4.14. The SMILES string of the molecule is CCCCCC(C)NC(=O)CN(C)CC(=O)O. The highest BCUT2D eigenvalue weighted by molar-refractivity contribution is 5.79. The molecule has 0 aromatic rings. The van der Waals surface area contributed by atoms with E-state index in [2.05, 4.69) is 12.2 Å². The highest BCUT2D eigenvalue weighted by Gasteiger charge is 2.11. The predicted molar refractivity (Wildman–Crippen MR) is 66.9 cm³/mol. The van der Waals surface area contributed by atoms with Crippen molar-refractivity contribution >= 4 is 11.9 Å². The van der Waals surface area contributed by atoms with Crippen molar-refractivity contribution in [3.8, 4) is 0 Å². The van der Waals surface area contributed by atoms with E-state index >= 15 is 0 Å². The van der Waals surface area contributed by atoms with E-state index in [0.717, 1.165) is 12.8 Å². The van der Waals surface area contributed by atoms with Crippen molar-refractivity contribution < 1.29 is 14.7 Å². The number of hydrogen-bond donors (Lipinski definition) is 2. The van der Waals surface area contributed by atoms with Crippen molar-refractivity contribution in [3.05, 3.63) is 0 Å². The molecular weight excluding hydrogens is 220 g/mol. The van der Waals surface area contributed by atoms with Gasteiger partial charge in [-0.25, -0.2) is 0 Å². The van der Waals surface area contributed by atoms with Crippen LogP contribution in [0.5, 0.6) is 0 Å². The summed E-state index contributed by atoms with van der Waals surface area (Å²) < 4.78 is 0. The minimum atomic E-state index is -0.920. The van der Waals surface area contributed by atoms with E-state index in [-0.39, 0.29) is 25.0 Å². The van der Waals surface area contributed by atoms with Crippen LogP contribution in [0.1, 0.15) is 39.5 Å². The van der Waals surface area contributed by atoms with E-state index < -0.39 is 5.97 Å². The number of carbonyl (C=O) groups excluding carboxylic acids is 1. The summed E-state index contributed by atoms with van der Waals surface area (Å²) in [4.78, 5) is 23.4. The Labute approximate surface area is 103 Å². The fraction of sp³-hybridized carbons (Fsp3) is 0.833. The summed E-state index contributed by atoms with van der Waals surface area (Å²) in [5.74, 6) is -1.03. The zero-order valence-electron chi connectivity index (χ0n) is 11.0. The number of amides is 1. The van der Waals surface area contributed by atoms with Crippen molar-refractivity contribution in [3.63, 3.8) is 0 Å². The van der Waals surface area contributed by atoms with Gasteiger partial charge in [-0.1, -0.05) is 26.2 Å². The Hall–Kier alpha value is -1.10. The normalized spacial score (nSPS) is 12.5.